The highest BCUT2D eigenvalue weighted by atomic mass is 35.5. The molecule has 1 fully saturated rings. The first-order valence-electron chi connectivity index (χ1n) is 5.15. The molecule has 0 aromatic carbocycles. The highest BCUT2D eigenvalue weighted by Gasteiger charge is 2.27. The molecule has 2 heterocycles. The predicted molar refractivity (Wildman–Crippen MR) is 61.3 cm³/mol. The standard InChI is InChI=1S/C11H15ClN2O/c1-11(4-2-6-15-8-11)14-9-3-5-13-10(12)7-9/h3,5,7H,2,4,6,8H2,1H3,(H,13,14). The molecule has 4 heteroatoms. The first kappa shape index (κ1) is 10.7. The van der Waals surface area contributed by atoms with Gasteiger partial charge in [0.1, 0.15) is 5.15 Å². The minimum atomic E-state index is 0.0168. The number of anilines is 1. The minimum Gasteiger partial charge on any atom is -0.379 e. The van der Waals surface area contributed by atoms with Gasteiger partial charge in [-0.05, 0) is 31.9 Å². The Bertz CT molecular complexity index is 337. The van der Waals surface area contributed by atoms with Crippen LogP contribution in [0.5, 0.6) is 0 Å². The molecule has 3 nitrogen and oxygen atoms in total. The van der Waals surface area contributed by atoms with Crippen molar-refractivity contribution in [3.05, 3.63) is 23.5 Å². The van der Waals surface area contributed by atoms with Crippen LogP contribution in [0.15, 0.2) is 18.3 Å². The van der Waals surface area contributed by atoms with Crippen LogP contribution in [0.25, 0.3) is 0 Å². The van der Waals surface area contributed by atoms with E-state index in [0.29, 0.717) is 5.15 Å². The number of pyridine rings is 1. The molecule has 1 atom stereocenters. The molecule has 0 radical (unpaired) electrons. The van der Waals surface area contributed by atoms with E-state index in [9.17, 15) is 0 Å². The Morgan fingerprint density at radius 2 is 2.47 bits per heavy atom. The summed E-state index contributed by atoms with van der Waals surface area (Å²) in [5.41, 5.74) is 1.02. The Balaban J connectivity index is 2.06. The van der Waals surface area contributed by atoms with E-state index >= 15 is 0 Å². The molecule has 2 rings (SSSR count). The van der Waals surface area contributed by atoms with Crippen molar-refractivity contribution in [2.75, 3.05) is 18.5 Å². The molecule has 1 unspecified atom stereocenters. The number of halogens is 1. The van der Waals surface area contributed by atoms with Gasteiger partial charge in [0.15, 0.2) is 0 Å². The van der Waals surface area contributed by atoms with Gasteiger partial charge in [0.25, 0.3) is 0 Å². The lowest BCUT2D eigenvalue weighted by atomic mass is 9.94. The van der Waals surface area contributed by atoms with E-state index in [4.69, 9.17) is 16.3 Å². The Morgan fingerprint density at radius 1 is 1.60 bits per heavy atom. The summed E-state index contributed by atoms with van der Waals surface area (Å²) < 4.78 is 5.48. The first-order valence-corrected chi connectivity index (χ1v) is 5.53. The highest BCUT2D eigenvalue weighted by Crippen LogP contribution is 2.24. The summed E-state index contributed by atoms with van der Waals surface area (Å²) in [4.78, 5) is 3.95. The lowest BCUT2D eigenvalue weighted by Gasteiger charge is -2.35. The Labute approximate surface area is 94.8 Å². The van der Waals surface area contributed by atoms with E-state index in [0.717, 1.165) is 31.7 Å². The van der Waals surface area contributed by atoms with Crippen molar-refractivity contribution in [3.63, 3.8) is 0 Å². The van der Waals surface area contributed by atoms with Crippen LogP contribution in [-0.4, -0.2) is 23.7 Å². The second kappa shape index (κ2) is 4.37. The van der Waals surface area contributed by atoms with E-state index in [1.165, 1.54) is 0 Å². The molecule has 0 bridgehead atoms. The molecule has 1 aliphatic heterocycles. The third kappa shape index (κ3) is 2.83. The monoisotopic (exact) mass is 226 g/mol. The van der Waals surface area contributed by atoms with Gasteiger partial charge in [0.05, 0.1) is 12.1 Å². The maximum absolute atomic E-state index is 5.83. The molecule has 0 spiro atoms. The quantitative estimate of drug-likeness (QED) is 0.788. The average molecular weight is 227 g/mol. The zero-order valence-electron chi connectivity index (χ0n) is 8.79. The van der Waals surface area contributed by atoms with Crippen LogP contribution in [0.1, 0.15) is 19.8 Å². The fraction of sp³-hybridized carbons (Fsp3) is 0.545. The molecule has 1 saturated heterocycles. The third-order valence-electron chi connectivity index (χ3n) is 2.61. The maximum atomic E-state index is 5.83. The fourth-order valence-electron chi connectivity index (χ4n) is 1.86. The van der Waals surface area contributed by atoms with E-state index in [1.54, 1.807) is 6.20 Å². The van der Waals surface area contributed by atoms with Crippen molar-refractivity contribution >= 4 is 17.3 Å². The number of hydrogen-bond donors (Lipinski definition) is 1. The van der Waals surface area contributed by atoms with E-state index in [-0.39, 0.29) is 5.54 Å². The van der Waals surface area contributed by atoms with Crippen LogP contribution in [0.4, 0.5) is 5.69 Å². The third-order valence-corrected chi connectivity index (χ3v) is 2.82. The first-order chi connectivity index (χ1) is 7.18. The van der Waals surface area contributed by atoms with E-state index < -0.39 is 0 Å². The summed E-state index contributed by atoms with van der Waals surface area (Å²) in [6.07, 6.45) is 3.92. The average Bonchev–Trinajstić information content (AvgIpc) is 2.18. The van der Waals surface area contributed by atoms with Gasteiger partial charge in [-0.15, -0.1) is 0 Å². The molecule has 0 amide bonds. The summed E-state index contributed by atoms with van der Waals surface area (Å²) in [5, 5.41) is 3.96. The van der Waals surface area contributed by atoms with E-state index in [1.807, 2.05) is 12.1 Å². The SMILES string of the molecule is CC1(Nc2ccnc(Cl)c2)CCCOC1. The van der Waals surface area contributed by atoms with Crippen molar-refractivity contribution in [3.8, 4) is 0 Å². The number of nitrogens with zero attached hydrogens (tertiary/aromatic N) is 1. The smallest absolute Gasteiger partial charge is 0.131 e. The van der Waals surface area contributed by atoms with Crippen LogP contribution >= 0.6 is 11.6 Å². The van der Waals surface area contributed by atoms with Crippen LogP contribution < -0.4 is 5.32 Å². The van der Waals surface area contributed by atoms with Gasteiger partial charge < -0.3 is 10.1 Å². The van der Waals surface area contributed by atoms with Crippen LogP contribution in [0, 0.1) is 0 Å². The minimum absolute atomic E-state index is 0.0168. The van der Waals surface area contributed by atoms with Gasteiger partial charge in [0, 0.05) is 18.5 Å². The maximum Gasteiger partial charge on any atom is 0.131 e. The molecule has 1 aromatic rings. The molecular formula is C11H15ClN2O. The number of ether oxygens (including phenoxy) is 1. The van der Waals surface area contributed by atoms with Gasteiger partial charge in [-0.1, -0.05) is 11.6 Å². The van der Waals surface area contributed by atoms with Gasteiger partial charge in [-0.25, -0.2) is 4.98 Å². The molecule has 1 N–H and O–H groups in total. The van der Waals surface area contributed by atoms with Crippen molar-refractivity contribution in [1.29, 1.82) is 0 Å². The van der Waals surface area contributed by atoms with Gasteiger partial charge in [-0.2, -0.15) is 0 Å². The summed E-state index contributed by atoms with van der Waals surface area (Å²) in [7, 11) is 0. The number of rotatable bonds is 2. The zero-order valence-corrected chi connectivity index (χ0v) is 9.55. The van der Waals surface area contributed by atoms with Crippen LogP contribution in [-0.2, 0) is 4.74 Å². The largest absolute Gasteiger partial charge is 0.379 e. The second-order valence-electron chi connectivity index (χ2n) is 4.21. The summed E-state index contributed by atoms with van der Waals surface area (Å²) in [5.74, 6) is 0. The lowest BCUT2D eigenvalue weighted by molar-refractivity contribution is 0.0540. The van der Waals surface area contributed by atoms with E-state index in [2.05, 4.69) is 17.2 Å². The normalized spacial score (nSPS) is 26.3. The topological polar surface area (TPSA) is 34.2 Å². The van der Waals surface area contributed by atoms with Gasteiger partial charge in [0.2, 0.25) is 0 Å². The molecule has 1 aliphatic rings. The van der Waals surface area contributed by atoms with Gasteiger partial charge in [-0.3, -0.25) is 0 Å². The molecular weight excluding hydrogens is 212 g/mol. The molecule has 0 saturated carbocycles. The summed E-state index contributed by atoms with van der Waals surface area (Å²) in [6.45, 7) is 3.78. The zero-order chi connectivity index (χ0) is 10.7. The van der Waals surface area contributed by atoms with Crippen LogP contribution in [0.3, 0.4) is 0 Å². The molecule has 0 aliphatic carbocycles. The van der Waals surface area contributed by atoms with Crippen molar-refractivity contribution in [1.82, 2.24) is 4.98 Å². The van der Waals surface area contributed by atoms with Crippen molar-refractivity contribution in [2.24, 2.45) is 0 Å². The second-order valence-corrected chi connectivity index (χ2v) is 4.60. The lowest BCUT2D eigenvalue weighted by Crippen LogP contribution is -2.43. The van der Waals surface area contributed by atoms with Gasteiger partial charge >= 0.3 is 0 Å². The summed E-state index contributed by atoms with van der Waals surface area (Å²) in [6, 6.07) is 3.76. The Morgan fingerprint density at radius 3 is 3.13 bits per heavy atom. The molecule has 82 valence electrons. The van der Waals surface area contributed by atoms with Crippen molar-refractivity contribution in [2.45, 2.75) is 25.3 Å². The van der Waals surface area contributed by atoms with Crippen molar-refractivity contribution < 1.29 is 4.74 Å². The van der Waals surface area contributed by atoms with Crippen LogP contribution in [0.2, 0.25) is 5.15 Å². The highest BCUT2D eigenvalue weighted by molar-refractivity contribution is 6.29. The Kier molecular flexibility index (Phi) is 3.12. The number of nitrogens with one attached hydrogen (secondary N) is 1. The Hall–Kier alpha value is -0.800. The number of hydrogen-bond acceptors (Lipinski definition) is 3. The fourth-order valence-corrected chi connectivity index (χ4v) is 2.04. The number of aromatic nitrogens is 1. The molecule has 15 heavy (non-hydrogen) atoms. The summed E-state index contributed by atoms with van der Waals surface area (Å²) >= 11 is 5.83. The predicted octanol–water partition coefficient (Wildman–Crippen LogP) is 2.72. The molecule has 1 aromatic heterocycles.